The van der Waals surface area contributed by atoms with Crippen LogP contribution in [0.25, 0.3) is 0 Å². The number of benzene rings is 1. The molecule has 0 aromatic heterocycles. The highest BCUT2D eigenvalue weighted by molar-refractivity contribution is 5.84. The van der Waals surface area contributed by atoms with Gasteiger partial charge in [-0.2, -0.15) is 0 Å². The van der Waals surface area contributed by atoms with Crippen LogP contribution >= 0.6 is 0 Å². The van der Waals surface area contributed by atoms with Crippen LogP contribution in [0.3, 0.4) is 0 Å². The highest BCUT2D eigenvalue weighted by atomic mass is 16.5. The summed E-state index contributed by atoms with van der Waals surface area (Å²) in [4.78, 5) is 12.2. The van der Waals surface area contributed by atoms with Crippen molar-refractivity contribution in [1.29, 1.82) is 0 Å². The van der Waals surface area contributed by atoms with Gasteiger partial charge in [0.05, 0.1) is 6.10 Å². The van der Waals surface area contributed by atoms with Gasteiger partial charge < -0.3 is 4.74 Å². The third-order valence-corrected chi connectivity index (χ3v) is 3.66. The lowest BCUT2D eigenvalue weighted by atomic mass is 9.91. The zero-order valence-corrected chi connectivity index (χ0v) is 10.8. The SMILES string of the molecule is Cc1ccc(C)c(CC(=O)C2CCOC2C)c1. The summed E-state index contributed by atoms with van der Waals surface area (Å²) in [6.07, 6.45) is 1.52. The van der Waals surface area contributed by atoms with Gasteiger partial charge in [0.1, 0.15) is 5.78 Å². The fraction of sp³-hybridized carbons (Fsp3) is 0.533. The van der Waals surface area contributed by atoms with Crippen molar-refractivity contribution in [3.05, 3.63) is 34.9 Å². The lowest BCUT2D eigenvalue weighted by Crippen LogP contribution is -2.23. The van der Waals surface area contributed by atoms with Crippen LogP contribution in [0.5, 0.6) is 0 Å². The summed E-state index contributed by atoms with van der Waals surface area (Å²) >= 11 is 0. The Bertz CT molecular complexity index is 423. The monoisotopic (exact) mass is 232 g/mol. The fourth-order valence-corrected chi connectivity index (χ4v) is 2.46. The summed E-state index contributed by atoms with van der Waals surface area (Å²) in [5.74, 6) is 0.415. The maximum absolute atomic E-state index is 12.2. The Balaban J connectivity index is 2.10. The van der Waals surface area contributed by atoms with Crippen LogP contribution in [0.4, 0.5) is 0 Å². The Hall–Kier alpha value is -1.15. The molecule has 0 amide bonds. The zero-order valence-electron chi connectivity index (χ0n) is 10.8. The molecule has 1 aliphatic rings. The molecule has 1 fully saturated rings. The van der Waals surface area contributed by atoms with Gasteiger partial charge in [-0.15, -0.1) is 0 Å². The first-order chi connectivity index (χ1) is 8.08. The van der Waals surface area contributed by atoms with Crippen LogP contribution in [0.1, 0.15) is 30.0 Å². The maximum atomic E-state index is 12.2. The number of aryl methyl sites for hydroxylation is 2. The standard InChI is InChI=1S/C15H20O2/c1-10-4-5-11(2)13(8-10)9-15(16)14-6-7-17-12(14)3/h4-5,8,12,14H,6-7,9H2,1-3H3. The van der Waals surface area contributed by atoms with Crippen LogP contribution < -0.4 is 0 Å². The zero-order chi connectivity index (χ0) is 12.4. The van der Waals surface area contributed by atoms with Gasteiger partial charge >= 0.3 is 0 Å². The Kier molecular flexibility index (Phi) is 3.63. The summed E-state index contributed by atoms with van der Waals surface area (Å²) in [6, 6.07) is 6.30. The van der Waals surface area contributed by atoms with E-state index >= 15 is 0 Å². The van der Waals surface area contributed by atoms with E-state index in [0.717, 1.165) is 18.6 Å². The maximum Gasteiger partial charge on any atom is 0.143 e. The highest BCUT2D eigenvalue weighted by Crippen LogP contribution is 2.23. The predicted molar refractivity (Wildman–Crippen MR) is 68.1 cm³/mol. The minimum absolute atomic E-state index is 0.0904. The normalized spacial score (nSPS) is 23.9. The number of ketones is 1. The second kappa shape index (κ2) is 5.01. The number of rotatable bonds is 3. The number of carbonyl (C=O) groups is 1. The Morgan fingerprint density at radius 3 is 2.82 bits per heavy atom. The van der Waals surface area contributed by atoms with Gasteiger partial charge in [-0.3, -0.25) is 4.79 Å². The predicted octanol–water partition coefficient (Wildman–Crippen LogP) is 2.84. The third kappa shape index (κ3) is 2.75. The number of ether oxygens (including phenoxy) is 1. The van der Waals surface area contributed by atoms with Crippen molar-refractivity contribution in [2.24, 2.45) is 5.92 Å². The summed E-state index contributed by atoms with van der Waals surface area (Å²) < 4.78 is 5.46. The van der Waals surface area contributed by atoms with Gasteiger partial charge in [0.2, 0.25) is 0 Å². The first-order valence-electron chi connectivity index (χ1n) is 6.28. The van der Waals surface area contributed by atoms with Gasteiger partial charge in [-0.1, -0.05) is 23.8 Å². The Labute approximate surface area is 103 Å². The van der Waals surface area contributed by atoms with Crippen molar-refractivity contribution in [3.8, 4) is 0 Å². The molecule has 1 heterocycles. The molecule has 2 nitrogen and oxygen atoms in total. The lowest BCUT2D eigenvalue weighted by molar-refractivity contribution is -0.123. The van der Waals surface area contributed by atoms with Crippen molar-refractivity contribution in [3.63, 3.8) is 0 Å². The largest absolute Gasteiger partial charge is 0.378 e. The molecular weight excluding hydrogens is 212 g/mol. The average molecular weight is 232 g/mol. The van der Waals surface area contributed by atoms with E-state index in [1.54, 1.807) is 0 Å². The van der Waals surface area contributed by atoms with E-state index in [0.29, 0.717) is 12.2 Å². The summed E-state index contributed by atoms with van der Waals surface area (Å²) in [6.45, 7) is 6.86. The third-order valence-electron chi connectivity index (χ3n) is 3.66. The van der Waals surface area contributed by atoms with Crippen molar-refractivity contribution in [1.82, 2.24) is 0 Å². The van der Waals surface area contributed by atoms with Gasteiger partial charge in [-0.05, 0) is 38.3 Å². The number of hydrogen-bond acceptors (Lipinski definition) is 2. The first-order valence-corrected chi connectivity index (χ1v) is 6.28. The van der Waals surface area contributed by atoms with E-state index < -0.39 is 0 Å². The minimum atomic E-state index is 0.0904. The smallest absolute Gasteiger partial charge is 0.143 e. The molecule has 1 aromatic carbocycles. The molecule has 2 rings (SSSR count). The summed E-state index contributed by atoms with van der Waals surface area (Å²) in [5.41, 5.74) is 3.58. The molecule has 0 saturated carbocycles. The molecule has 1 saturated heterocycles. The van der Waals surface area contributed by atoms with E-state index in [1.165, 1.54) is 11.1 Å². The average Bonchev–Trinajstić information content (AvgIpc) is 2.70. The Morgan fingerprint density at radius 1 is 1.41 bits per heavy atom. The van der Waals surface area contributed by atoms with Crippen molar-refractivity contribution >= 4 is 5.78 Å². The first kappa shape index (κ1) is 12.3. The van der Waals surface area contributed by atoms with Crippen molar-refractivity contribution in [2.75, 3.05) is 6.61 Å². The van der Waals surface area contributed by atoms with Gasteiger partial charge in [0.25, 0.3) is 0 Å². The van der Waals surface area contributed by atoms with Crippen molar-refractivity contribution < 1.29 is 9.53 Å². The molecule has 2 unspecified atom stereocenters. The second-order valence-corrected chi connectivity index (χ2v) is 5.04. The van der Waals surface area contributed by atoms with E-state index in [4.69, 9.17) is 4.74 Å². The molecule has 2 heteroatoms. The van der Waals surface area contributed by atoms with Crippen LogP contribution in [0.15, 0.2) is 18.2 Å². The number of Topliss-reactive ketones (excluding diaryl/α,β-unsaturated/α-hetero) is 1. The van der Waals surface area contributed by atoms with E-state index in [1.807, 2.05) is 6.92 Å². The second-order valence-electron chi connectivity index (χ2n) is 5.04. The highest BCUT2D eigenvalue weighted by Gasteiger charge is 2.30. The summed E-state index contributed by atoms with van der Waals surface area (Å²) in [7, 11) is 0. The van der Waals surface area contributed by atoms with Crippen molar-refractivity contribution in [2.45, 2.75) is 39.7 Å². The molecule has 0 spiro atoms. The molecule has 0 aliphatic carbocycles. The van der Waals surface area contributed by atoms with Gasteiger partial charge in [0.15, 0.2) is 0 Å². The topological polar surface area (TPSA) is 26.3 Å². The van der Waals surface area contributed by atoms with Crippen LogP contribution in [-0.4, -0.2) is 18.5 Å². The molecule has 2 atom stereocenters. The van der Waals surface area contributed by atoms with Crippen LogP contribution in [-0.2, 0) is 16.0 Å². The molecule has 0 bridgehead atoms. The quantitative estimate of drug-likeness (QED) is 0.801. The molecule has 0 N–H and O–H groups in total. The number of hydrogen-bond donors (Lipinski definition) is 0. The van der Waals surface area contributed by atoms with E-state index in [-0.39, 0.29) is 12.0 Å². The van der Waals surface area contributed by atoms with E-state index in [2.05, 4.69) is 32.0 Å². The molecule has 1 aliphatic heterocycles. The molecule has 1 aromatic rings. The number of carbonyl (C=O) groups excluding carboxylic acids is 1. The summed E-state index contributed by atoms with van der Waals surface area (Å²) in [5, 5.41) is 0. The van der Waals surface area contributed by atoms with E-state index in [9.17, 15) is 4.79 Å². The molecular formula is C15H20O2. The van der Waals surface area contributed by atoms with Gasteiger partial charge in [0, 0.05) is 18.9 Å². The van der Waals surface area contributed by atoms with Crippen LogP contribution in [0, 0.1) is 19.8 Å². The van der Waals surface area contributed by atoms with Crippen LogP contribution in [0.2, 0.25) is 0 Å². The molecule has 17 heavy (non-hydrogen) atoms. The molecule has 92 valence electrons. The van der Waals surface area contributed by atoms with Gasteiger partial charge in [-0.25, -0.2) is 0 Å². The minimum Gasteiger partial charge on any atom is -0.378 e. The lowest BCUT2D eigenvalue weighted by Gasteiger charge is -2.14. The fourth-order valence-electron chi connectivity index (χ4n) is 2.46. The molecule has 0 radical (unpaired) electrons. The Morgan fingerprint density at radius 2 is 2.18 bits per heavy atom.